The topological polar surface area (TPSA) is 90.6 Å². The van der Waals surface area contributed by atoms with E-state index in [1.165, 1.54) is 0 Å². The van der Waals surface area contributed by atoms with Crippen molar-refractivity contribution in [2.24, 2.45) is 0 Å². The molecular weight excluding hydrogens is 328 g/mol. The Morgan fingerprint density at radius 2 is 2.00 bits per heavy atom. The molecule has 0 saturated heterocycles. The molecule has 6 nitrogen and oxygen atoms in total. The number of para-hydroxylation sites is 1. The zero-order chi connectivity index (χ0) is 17.9. The highest BCUT2D eigenvalue weighted by Gasteiger charge is 2.06. The fraction of sp³-hybridized carbons (Fsp3) is 0.150. The summed E-state index contributed by atoms with van der Waals surface area (Å²) in [6, 6.07) is 15.0. The standard InChI is InChI=1S/C20H18N4O2/c25-19(22-14-8-9-16-13(12-14)10-11-21-16)7-3-6-18-23-17-5-2-1-4-15(17)20(26)24-18/h1-2,4-5,8-12,21H,3,6-7H2,(H,22,25)(H,23,24,26). The average Bonchev–Trinajstić information content (AvgIpc) is 3.09. The molecule has 0 bridgehead atoms. The lowest BCUT2D eigenvalue weighted by Crippen LogP contribution is -2.14. The Kier molecular flexibility index (Phi) is 4.23. The largest absolute Gasteiger partial charge is 0.361 e. The lowest BCUT2D eigenvalue weighted by molar-refractivity contribution is -0.116. The number of nitrogens with one attached hydrogen (secondary N) is 3. The Morgan fingerprint density at radius 3 is 2.92 bits per heavy atom. The number of fused-ring (bicyclic) bond motifs is 2. The third-order valence-corrected chi connectivity index (χ3v) is 4.32. The predicted octanol–water partition coefficient (Wildman–Crippen LogP) is 3.37. The molecule has 0 radical (unpaired) electrons. The number of aromatic amines is 2. The normalized spacial score (nSPS) is 11.1. The van der Waals surface area contributed by atoms with E-state index in [2.05, 4.69) is 20.3 Å². The van der Waals surface area contributed by atoms with E-state index in [0.717, 1.165) is 16.6 Å². The van der Waals surface area contributed by atoms with Crippen molar-refractivity contribution >= 4 is 33.4 Å². The highest BCUT2D eigenvalue weighted by Crippen LogP contribution is 2.18. The minimum atomic E-state index is -0.144. The first kappa shape index (κ1) is 16.1. The zero-order valence-corrected chi connectivity index (χ0v) is 14.1. The number of benzene rings is 2. The molecule has 2 heterocycles. The SMILES string of the molecule is O=C(CCCc1nc2ccccc2c(=O)[nH]1)Nc1ccc2[nH]ccc2c1. The second-order valence-electron chi connectivity index (χ2n) is 6.21. The molecule has 3 N–H and O–H groups in total. The number of rotatable bonds is 5. The first-order chi connectivity index (χ1) is 12.7. The Labute approximate surface area is 149 Å². The van der Waals surface area contributed by atoms with Gasteiger partial charge in [-0.2, -0.15) is 0 Å². The van der Waals surface area contributed by atoms with Crippen LogP contribution in [0.5, 0.6) is 0 Å². The minimum absolute atomic E-state index is 0.0528. The van der Waals surface area contributed by atoms with E-state index >= 15 is 0 Å². The van der Waals surface area contributed by atoms with Crippen molar-refractivity contribution in [3.05, 3.63) is 70.9 Å². The summed E-state index contributed by atoms with van der Waals surface area (Å²) in [5.41, 5.74) is 2.35. The third-order valence-electron chi connectivity index (χ3n) is 4.32. The number of hydrogen-bond acceptors (Lipinski definition) is 3. The van der Waals surface area contributed by atoms with Crippen LogP contribution in [0, 0.1) is 0 Å². The lowest BCUT2D eigenvalue weighted by atomic mass is 10.2. The zero-order valence-electron chi connectivity index (χ0n) is 14.1. The van der Waals surface area contributed by atoms with Crippen molar-refractivity contribution in [2.45, 2.75) is 19.3 Å². The first-order valence-corrected chi connectivity index (χ1v) is 8.54. The van der Waals surface area contributed by atoms with Crippen LogP contribution in [-0.4, -0.2) is 20.9 Å². The van der Waals surface area contributed by atoms with Gasteiger partial charge in [-0.15, -0.1) is 0 Å². The second-order valence-corrected chi connectivity index (χ2v) is 6.21. The number of aryl methyl sites for hydroxylation is 1. The van der Waals surface area contributed by atoms with Gasteiger partial charge < -0.3 is 15.3 Å². The van der Waals surface area contributed by atoms with E-state index in [0.29, 0.717) is 36.0 Å². The highest BCUT2D eigenvalue weighted by atomic mass is 16.1. The summed E-state index contributed by atoms with van der Waals surface area (Å²) in [6.45, 7) is 0. The van der Waals surface area contributed by atoms with Crippen molar-refractivity contribution < 1.29 is 4.79 Å². The minimum Gasteiger partial charge on any atom is -0.361 e. The van der Waals surface area contributed by atoms with E-state index in [1.54, 1.807) is 6.07 Å². The summed E-state index contributed by atoms with van der Waals surface area (Å²) in [7, 11) is 0. The smallest absolute Gasteiger partial charge is 0.258 e. The molecule has 0 saturated carbocycles. The van der Waals surface area contributed by atoms with Crippen LogP contribution < -0.4 is 10.9 Å². The van der Waals surface area contributed by atoms with Crippen LogP contribution >= 0.6 is 0 Å². The molecular formula is C20H18N4O2. The van der Waals surface area contributed by atoms with Crippen molar-refractivity contribution in [2.75, 3.05) is 5.32 Å². The van der Waals surface area contributed by atoms with Crippen molar-refractivity contribution in [1.29, 1.82) is 0 Å². The molecule has 0 aliphatic heterocycles. The molecule has 1 amide bonds. The number of carbonyl (C=O) groups excluding carboxylic acids is 1. The molecule has 26 heavy (non-hydrogen) atoms. The van der Waals surface area contributed by atoms with E-state index in [-0.39, 0.29) is 11.5 Å². The van der Waals surface area contributed by atoms with Gasteiger partial charge in [0.1, 0.15) is 5.82 Å². The molecule has 0 aliphatic rings. The molecule has 6 heteroatoms. The van der Waals surface area contributed by atoms with Crippen molar-refractivity contribution in [1.82, 2.24) is 15.0 Å². The summed E-state index contributed by atoms with van der Waals surface area (Å²) in [5.74, 6) is 0.554. The first-order valence-electron chi connectivity index (χ1n) is 8.54. The Bertz CT molecular complexity index is 1140. The fourth-order valence-electron chi connectivity index (χ4n) is 3.02. The lowest BCUT2D eigenvalue weighted by Gasteiger charge is -2.06. The van der Waals surface area contributed by atoms with Gasteiger partial charge in [-0.1, -0.05) is 12.1 Å². The number of anilines is 1. The van der Waals surface area contributed by atoms with E-state index < -0.39 is 0 Å². The fourth-order valence-corrected chi connectivity index (χ4v) is 3.02. The summed E-state index contributed by atoms with van der Waals surface area (Å²) in [6.07, 6.45) is 3.39. The van der Waals surface area contributed by atoms with E-state index in [4.69, 9.17) is 0 Å². The van der Waals surface area contributed by atoms with Gasteiger partial charge in [-0.25, -0.2) is 4.98 Å². The van der Waals surface area contributed by atoms with Gasteiger partial charge in [-0.05, 0) is 42.8 Å². The average molecular weight is 346 g/mol. The Hall–Kier alpha value is -3.41. The van der Waals surface area contributed by atoms with Crippen LogP contribution in [0.25, 0.3) is 21.8 Å². The molecule has 0 spiro atoms. The van der Waals surface area contributed by atoms with E-state index in [9.17, 15) is 9.59 Å². The summed E-state index contributed by atoms with van der Waals surface area (Å²) in [5, 5.41) is 4.54. The molecule has 2 aromatic heterocycles. The highest BCUT2D eigenvalue weighted by molar-refractivity contribution is 5.93. The van der Waals surface area contributed by atoms with Gasteiger partial charge in [0.25, 0.3) is 5.56 Å². The molecule has 4 rings (SSSR count). The van der Waals surface area contributed by atoms with Gasteiger partial charge >= 0.3 is 0 Å². The van der Waals surface area contributed by atoms with Gasteiger partial charge in [-0.3, -0.25) is 9.59 Å². The maximum atomic E-state index is 12.1. The van der Waals surface area contributed by atoms with Crippen LogP contribution in [0.2, 0.25) is 0 Å². The molecule has 2 aromatic carbocycles. The number of nitrogens with zero attached hydrogens (tertiary/aromatic N) is 1. The Balaban J connectivity index is 1.36. The molecule has 0 atom stereocenters. The van der Waals surface area contributed by atoms with Crippen LogP contribution in [-0.2, 0) is 11.2 Å². The van der Waals surface area contributed by atoms with Crippen LogP contribution in [0.15, 0.2) is 59.5 Å². The van der Waals surface area contributed by atoms with Crippen LogP contribution in [0.3, 0.4) is 0 Å². The van der Waals surface area contributed by atoms with Gasteiger partial charge in [0.15, 0.2) is 0 Å². The van der Waals surface area contributed by atoms with Gasteiger partial charge in [0, 0.05) is 35.6 Å². The molecule has 4 aromatic rings. The summed E-state index contributed by atoms with van der Waals surface area (Å²) in [4.78, 5) is 34.6. The van der Waals surface area contributed by atoms with Crippen LogP contribution in [0.1, 0.15) is 18.7 Å². The predicted molar refractivity (Wildman–Crippen MR) is 102 cm³/mol. The van der Waals surface area contributed by atoms with E-state index in [1.807, 2.05) is 48.7 Å². The second kappa shape index (κ2) is 6.84. The summed E-state index contributed by atoms with van der Waals surface area (Å²) < 4.78 is 0. The molecule has 0 aliphatic carbocycles. The molecule has 130 valence electrons. The van der Waals surface area contributed by atoms with Crippen molar-refractivity contribution in [3.8, 4) is 0 Å². The summed E-state index contributed by atoms with van der Waals surface area (Å²) >= 11 is 0. The Morgan fingerprint density at radius 1 is 1.12 bits per heavy atom. The maximum Gasteiger partial charge on any atom is 0.258 e. The number of amides is 1. The number of carbonyl (C=O) groups is 1. The van der Waals surface area contributed by atoms with Crippen molar-refractivity contribution in [3.63, 3.8) is 0 Å². The number of hydrogen-bond donors (Lipinski definition) is 3. The third kappa shape index (κ3) is 3.35. The maximum absolute atomic E-state index is 12.1. The van der Waals surface area contributed by atoms with Gasteiger partial charge in [0.2, 0.25) is 5.91 Å². The van der Waals surface area contributed by atoms with Gasteiger partial charge in [0.05, 0.1) is 10.9 Å². The number of H-pyrrole nitrogens is 2. The quantitative estimate of drug-likeness (QED) is 0.517. The monoisotopic (exact) mass is 346 g/mol. The molecule has 0 unspecified atom stereocenters. The molecule has 0 fully saturated rings. The van der Waals surface area contributed by atoms with Crippen LogP contribution in [0.4, 0.5) is 5.69 Å². The number of aromatic nitrogens is 3.